The molecule has 0 saturated carbocycles. The molecule has 4 N–H and O–H groups in total. The summed E-state index contributed by atoms with van der Waals surface area (Å²) in [5.41, 5.74) is 5.30. The van der Waals surface area contributed by atoms with Crippen LogP contribution in [0.2, 0.25) is 5.02 Å². The van der Waals surface area contributed by atoms with Crippen molar-refractivity contribution in [1.82, 2.24) is 15.8 Å². The van der Waals surface area contributed by atoms with Crippen LogP contribution in [0.5, 0.6) is 0 Å². The van der Waals surface area contributed by atoms with Gasteiger partial charge in [-0.25, -0.2) is 0 Å². The maximum atomic E-state index is 11.7. The summed E-state index contributed by atoms with van der Waals surface area (Å²) in [4.78, 5) is 24.6. The molecule has 0 fully saturated rings. The van der Waals surface area contributed by atoms with Crippen LogP contribution in [0.4, 0.5) is 11.4 Å². The zero-order valence-corrected chi connectivity index (χ0v) is 12.5. The summed E-state index contributed by atoms with van der Waals surface area (Å²) < 4.78 is 0. The Bertz CT molecular complexity index is 720. The van der Waals surface area contributed by atoms with E-state index in [0.717, 1.165) is 0 Å². The first-order valence-corrected chi connectivity index (χ1v) is 6.70. The zero-order valence-electron chi connectivity index (χ0n) is 10.9. The molecule has 0 aliphatic carbocycles. The van der Waals surface area contributed by atoms with Gasteiger partial charge in [-0.15, -0.1) is 0 Å². The lowest BCUT2D eigenvalue weighted by molar-refractivity contribution is -0.384. The molecule has 2 aromatic rings. The van der Waals surface area contributed by atoms with E-state index in [9.17, 15) is 14.9 Å². The van der Waals surface area contributed by atoms with Crippen molar-refractivity contribution in [3.05, 3.63) is 57.4 Å². The average molecular weight is 340 g/mol. The molecule has 0 aliphatic rings. The predicted octanol–water partition coefficient (Wildman–Crippen LogP) is 2.21. The van der Waals surface area contributed by atoms with Crippen LogP contribution in [0.1, 0.15) is 10.5 Å². The van der Waals surface area contributed by atoms with Crippen LogP contribution in [-0.2, 0) is 0 Å². The molecule has 1 amide bonds. The van der Waals surface area contributed by atoms with E-state index in [-0.39, 0.29) is 21.5 Å². The molecule has 22 heavy (non-hydrogen) atoms. The number of carbonyl (C=O) groups excluding carboxylic acids is 1. The van der Waals surface area contributed by atoms with E-state index in [2.05, 4.69) is 21.2 Å². The summed E-state index contributed by atoms with van der Waals surface area (Å²) in [5, 5.41) is 13.7. The van der Waals surface area contributed by atoms with Crippen molar-refractivity contribution in [2.45, 2.75) is 0 Å². The Kier molecular flexibility index (Phi) is 4.92. The number of hydrogen-bond donors (Lipinski definition) is 4. The third-order valence-electron chi connectivity index (χ3n) is 2.54. The number of non-ortho nitro benzene ring substituents is 1. The smallest absolute Gasteiger partial charge is 0.286 e. The van der Waals surface area contributed by atoms with E-state index in [1.165, 1.54) is 18.2 Å². The molecule has 1 heterocycles. The Hall–Kier alpha value is -2.65. The van der Waals surface area contributed by atoms with Gasteiger partial charge in [0.25, 0.3) is 11.6 Å². The third-order valence-corrected chi connectivity index (χ3v) is 3.07. The van der Waals surface area contributed by atoms with E-state index in [1.807, 2.05) is 0 Å². The van der Waals surface area contributed by atoms with Crippen LogP contribution in [-0.4, -0.2) is 20.9 Å². The van der Waals surface area contributed by atoms with Gasteiger partial charge in [0.05, 0.1) is 15.6 Å². The number of rotatable bonds is 3. The molecule has 0 bridgehead atoms. The van der Waals surface area contributed by atoms with Gasteiger partial charge in [-0.3, -0.25) is 25.8 Å². The van der Waals surface area contributed by atoms with E-state index < -0.39 is 10.8 Å². The zero-order chi connectivity index (χ0) is 16.1. The van der Waals surface area contributed by atoms with Gasteiger partial charge in [-0.2, -0.15) is 0 Å². The summed E-state index contributed by atoms with van der Waals surface area (Å²) >= 11 is 10.9. The summed E-state index contributed by atoms with van der Waals surface area (Å²) in [6.45, 7) is 0. The first-order chi connectivity index (χ1) is 10.5. The van der Waals surface area contributed by atoms with Crippen molar-refractivity contribution in [2.24, 2.45) is 0 Å². The number of H-pyrrole nitrogens is 1. The van der Waals surface area contributed by atoms with Crippen molar-refractivity contribution < 1.29 is 9.72 Å². The largest absolute Gasteiger partial charge is 0.357 e. The highest BCUT2D eigenvalue weighted by Crippen LogP contribution is 2.26. The first kappa shape index (κ1) is 15.7. The lowest BCUT2D eigenvalue weighted by Crippen LogP contribution is -2.43. The highest BCUT2D eigenvalue weighted by Gasteiger charge is 2.11. The van der Waals surface area contributed by atoms with E-state index in [1.54, 1.807) is 18.3 Å². The Morgan fingerprint density at radius 3 is 2.73 bits per heavy atom. The van der Waals surface area contributed by atoms with Crippen molar-refractivity contribution in [2.75, 3.05) is 5.32 Å². The van der Waals surface area contributed by atoms with E-state index in [0.29, 0.717) is 5.69 Å². The molecule has 10 heteroatoms. The lowest BCUT2D eigenvalue weighted by Gasteiger charge is -2.12. The van der Waals surface area contributed by atoms with Gasteiger partial charge in [0, 0.05) is 18.3 Å². The summed E-state index contributed by atoms with van der Waals surface area (Å²) in [6.07, 6.45) is 1.61. The molecule has 0 saturated heterocycles. The Morgan fingerprint density at radius 1 is 1.32 bits per heavy atom. The molecule has 0 atom stereocenters. The molecule has 8 nitrogen and oxygen atoms in total. The number of anilines is 1. The van der Waals surface area contributed by atoms with Crippen LogP contribution in [0, 0.1) is 10.1 Å². The van der Waals surface area contributed by atoms with Gasteiger partial charge in [0.15, 0.2) is 5.11 Å². The number of thiocarbonyl (C=S) groups is 1. The summed E-state index contributed by atoms with van der Waals surface area (Å²) in [7, 11) is 0. The highest BCUT2D eigenvalue weighted by atomic mass is 35.5. The number of halogens is 1. The van der Waals surface area contributed by atoms with Crippen LogP contribution in [0.15, 0.2) is 36.5 Å². The maximum Gasteiger partial charge on any atom is 0.286 e. The number of amides is 1. The van der Waals surface area contributed by atoms with Crippen molar-refractivity contribution in [3.8, 4) is 0 Å². The molecule has 1 aromatic heterocycles. The molecule has 0 aliphatic heterocycles. The second-order valence-electron chi connectivity index (χ2n) is 4.04. The number of nitro groups is 1. The minimum absolute atomic E-state index is 0.0299. The van der Waals surface area contributed by atoms with Crippen molar-refractivity contribution >= 4 is 46.2 Å². The van der Waals surface area contributed by atoms with Crippen LogP contribution >= 0.6 is 23.8 Å². The number of nitrogens with zero attached hydrogens (tertiary/aromatic N) is 1. The van der Waals surface area contributed by atoms with Crippen molar-refractivity contribution in [3.63, 3.8) is 0 Å². The molecule has 0 unspecified atom stereocenters. The average Bonchev–Trinajstić information content (AvgIpc) is 3.01. The molecule has 0 spiro atoms. The minimum atomic E-state index is -0.551. The summed E-state index contributed by atoms with van der Waals surface area (Å²) in [6, 6.07) is 7.15. The van der Waals surface area contributed by atoms with E-state index >= 15 is 0 Å². The van der Waals surface area contributed by atoms with Crippen LogP contribution in [0.25, 0.3) is 0 Å². The van der Waals surface area contributed by atoms with E-state index in [4.69, 9.17) is 23.8 Å². The normalized spacial score (nSPS) is 9.86. The van der Waals surface area contributed by atoms with Crippen molar-refractivity contribution in [1.29, 1.82) is 0 Å². The molecular formula is C12H10ClN5O3S. The van der Waals surface area contributed by atoms with Gasteiger partial charge in [0.2, 0.25) is 0 Å². The lowest BCUT2D eigenvalue weighted by atomic mass is 10.3. The monoisotopic (exact) mass is 339 g/mol. The number of carbonyl (C=O) groups is 1. The van der Waals surface area contributed by atoms with Gasteiger partial charge in [0.1, 0.15) is 5.69 Å². The SMILES string of the molecule is O=C(NNC(=S)Nc1cc([N+](=O)[O-])ccc1Cl)c1ccc[nH]1. The van der Waals surface area contributed by atoms with Crippen LogP contribution < -0.4 is 16.2 Å². The standard InChI is InChI=1S/C12H10ClN5O3S/c13-8-4-3-7(18(20)21)6-10(8)15-12(22)17-16-11(19)9-2-1-5-14-9/h1-6,14H,(H,16,19)(H2,15,17,22). The second kappa shape index (κ2) is 6.87. The minimum Gasteiger partial charge on any atom is -0.357 e. The Labute approximate surface area is 135 Å². The quantitative estimate of drug-likeness (QED) is 0.387. The molecule has 114 valence electrons. The third kappa shape index (κ3) is 3.93. The molecular weight excluding hydrogens is 330 g/mol. The highest BCUT2D eigenvalue weighted by molar-refractivity contribution is 7.80. The number of hydrazine groups is 1. The fraction of sp³-hybridized carbons (Fsp3) is 0. The number of nitrogens with one attached hydrogen (secondary N) is 4. The van der Waals surface area contributed by atoms with Gasteiger partial charge in [-0.05, 0) is 30.4 Å². The number of aromatic nitrogens is 1. The Morgan fingerprint density at radius 2 is 2.09 bits per heavy atom. The second-order valence-corrected chi connectivity index (χ2v) is 4.85. The topological polar surface area (TPSA) is 112 Å². The van der Waals surface area contributed by atoms with Gasteiger partial charge in [-0.1, -0.05) is 11.6 Å². The maximum absolute atomic E-state index is 11.7. The fourth-order valence-corrected chi connectivity index (χ4v) is 1.85. The number of aromatic amines is 1. The van der Waals surface area contributed by atoms with Gasteiger partial charge < -0.3 is 10.3 Å². The Balaban J connectivity index is 1.96. The predicted molar refractivity (Wildman–Crippen MR) is 85.7 cm³/mol. The molecule has 0 radical (unpaired) electrons. The molecule has 2 rings (SSSR count). The van der Waals surface area contributed by atoms with Crippen LogP contribution in [0.3, 0.4) is 0 Å². The number of nitro benzene ring substituents is 1. The number of benzene rings is 1. The summed E-state index contributed by atoms with van der Waals surface area (Å²) in [5.74, 6) is -0.417. The first-order valence-electron chi connectivity index (χ1n) is 5.92. The molecule has 1 aromatic carbocycles. The van der Waals surface area contributed by atoms with Gasteiger partial charge >= 0.3 is 0 Å². The number of hydrogen-bond acceptors (Lipinski definition) is 4. The fourth-order valence-electron chi connectivity index (χ4n) is 1.53.